The van der Waals surface area contributed by atoms with E-state index in [0.717, 1.165) is 5.56 Å². The molecule has 1 aromatic rings. The molecule has 0 aliphatic rings. The summed E-state index contributed by atoms with van der Waals surface area (Å²) in [4.78, 5) is 13.3. The zero-order chi connectivity index (χ0) is 18.5. The van der Waals surface area contributed by atoms with Crippen molar-refractivity contribution in [2.24, 2.45) is 0 Å². The van der Waals surface area contributed by atoms with Gasteiger partial charge in [0.2, 0.25) is 0 Å². The van der Waals surface area contributed by atoms with Crippen molar-refractivity contribution in [3.8, 4) is 0 Å². The van der Waals surface area contributed by atoms with Crippen LogP contribution in [0.15, 0.2) is 23.1 Å². The quantitative estimate of drug-likeness (QED) is 0.623. The van der Waals surface area contributed by atoms with Crippen LogP contribution >= 0.6 is 0 Å². The number of ether oxygens (including phenoxy) is 1. The Kier molecular flexibility index (Phi) is 6.80. The Morgan fingerprint density at radius 2 is 1.88 bits per heavy atom. The fourth-order valence-corrected chi connectivity index (χ4v) is 2.98. The lowest BCUT2D eigenvalue weighted by molar-refractivity contribution is 0.0296. The maximum atomic E-state index is 11.8. The van der Waals surface area contributed by atoms with E-state index in [2.05, 4.69) is 0 Å². The number of amides is 1. The van der Waals surface area contributed by atoms with E-state index in [9.17, 15) is 17.8 Å². The number of hydrogen-bond donors (Lipinski definition) is 1. The van der Waals surface area contributed by atoms with E-state index >= 15 is 0 Å². The first kappa shape index (κ1) is 20.4. The fraction of sp³-hybridized carbons (Fsp3) is 0.588. The highest BCUT2D eigenvalue weighted by atomic mass is 32.2. The second-order valence-electron chi connectivity index (χ2n) is 6.95. The van der Waals surface area contributed by atoms with Gasteiger partial charge < -0.3 is 9.64 Å². The predicted octanol–water partition coefficient (Wildman–Crippen LogP) is 3.43. The first-order valence-electron chi connectivity index (χ1n) is 7.91. The smallest absolute Gasteiger partial charge is 0.410 e. The SMILES string of the molecule is Cc1ccc(S(=O)(=O)O)c(CCCCN(C)C(=O)OC(C)(C)C)c1. The maximum Gasteiger partial charge on any atom is 0.410 e. The van der Waals surface area contributed by atoms with Gasteiger partial charge in [0.05, 0.1) is 4.90 Å². The minimum atomic E-state index is -4.22. The van der Waals surface area contributed by atoms with Crippen LogP contribution in [0.1, 0.15) is 44.7 Å². The summed E-state index contributed by atoms with van der Waals surface area (Å²) in [7, 11) is -2.55. The molecule has 1 N–H and O–H groups in total. The van der Waals surface area contributed by atoms with Gasteiger partial charge in [-0.3, -0.25) is 4.55 Å². The van der Waals surface area contributed by atoms with Gasteiger partial charge in [0.25, 0.3) is 10.1 Å². The van der Waals surface area contributed by atoms with Crippen molar-refractivity contribution in [3.63, 3.8) is 0 Å². The van der Waals surface area contributed by atoms with E-state index in [1.807, 2.05) is 27.7 Å². The highest BCUT2D eigenvalue weighted by Gasteiger charge is 2.19. The molecule has 1 rings (SSSR count). The number of carbonyl (C=O) groups is 1. The fourth-order valence-electron chi connectivity index (χ4n) is 2.25. The van der Waals surface area contributed by atoms with Crippen molar-refractivity contribution in [1.82, 2.24) is 4.90 Å². The van der Waals surface area contributed by atoms with E-state index < -0.39 is 15.7 Å². The van der Waals surface area contributed by atoms with Crippen LogP contribution in [0.2, 0.25) is 0 Å². The third-order valence-electron chi connectivity index (χ3n) is 3.39. The van der Waals surface area contributed by atoms with Crippen LogP contribution in [0, 0.1) is 6.92 Å². The Balaban J connectivity index is 2.57. The second-order valence-corrected chi connectivity index (χ2v) is 8.34. The molecule has 0 spiro atoms. The summed E-state index contributed by atoms with van der Waals surface area (Å²) < 4.78 is 37.4. The van der Waals surface area contributed by atoms with E-state index in [1.165, 1.54) is 11.0 Å². The lowest BCUT2D eigenvalue weighted by atomic mass is 10.1. The number of benzene rings is 1. The number of carbonyl (C=O) groups excluding carboxylic acids is 1. The van der Waals surface area contributed by atoms with E-state index in [0.29, 0.717) is 31.4 Å². The molecule has 0 fully saturated rings. The van der Waals surface area contributed by atoms with Crippen molar-refractivity contribution in [3.05, 3.63) is 29.3 Å². The zero-order valence-electron chi connectivity index (χ0n) is 15.0. The van der Waals surface area contributed by atoms with Gasteiger partial charge in [-0.05, 0) is 58.6 Å². The van der Waals surface area contributed by atoms with E-state index in [1.54, 1.807) is 19.2 Å². The van der Waals surface area contributed by atoms with Crippen LogP contribution in [0.25, 0.3) is 0 Å². The van der Waals surface area contributed by atoms with Gasteiger partial charge in [-0.1, -0.05) is 17.7 Å². The van der Waals surface area contributed by atoms with Crippen molar-refractivity contribution in [2.45, 2.75) is 57.5 Å². The lowest BCUT2D eigenvalue weighted by Gasteiger charge is -2.24. The Bertz CT molecular complexity index is 677. The van der Waals surface area contributed by atoms with Crippen LogP contribution in [-0.2, 0) is 21.3 Å². The molecule has 0 heterocycles. The minimum Gasteiger partial charge on any atom is -0.444 e. The number of unbranched alkanes of at least 4 members (excludes halogenated alkanes) is 1. The number of nitrogens with zero attached hydrogens (tertiary/aromatic N) is 1. The molecule has 1 aromatic carbocycles. The minimum absolute atomic E-state index is 0.0476. The molecule has 0 radical (unpaired) electrons. The van der Waals surface area contributed by atoms with Crippen molar-refractivity contribution in [1.29, 1.82) is 0 Å². The van der Waals surface area contributed by atoms with Gasteiger partial charge in [0, 0.05) is 13.6 Å². The van der Waals surface area contributed by atoms with Gasteiger partial charge in [0.15, 0.2) is 0 Å². The van der Waals surface area contributed by atoms with Crippen LogP contribution in [0.3, 0.4) is 0 Å². The van der Waals surface area contributed by atoms with Gasteiger partial charge in [-0.15, -0.1) is 0 Å². The molecule has 0 saturated carbocycles. The average Bonchev–Trinajstić information content (AvgIpc) is 2.40. The molecular weight excluding hydrogens is 330 g/mol. The standard InChI is InChI=1S/C17H27NO5S/c1-13-9-10-15(24(20,21)22)14(12-13)8-6-7-11-18(5)16(19)23-17(2,3)4/h9-10,12H,6-8,11H2,1-5H3,(H,20,21,22). The molecule has 6 nitrogen and oxygen atoms in total. The molecule has 0 aromatic heterocycles. The molecule has 0 atom stereocenters. The van der Waals surface area contributed by atoms with Crippen molar-refractivity contribution < 1.29 is 22.5 Å². The summed E-state index contributed by atoms with van der Waals surface area (Å²) in [6, 6.07) is 4.84. The third kappa shape index (κ3) is 6.88. The molecule has 0 saturated heterocycles. The first-order valence-corrected chi connectivity index (χ1v) is 9.35. The van der Waals surface area contributed by atoms with Crippen molar-refractivity contribution in [2.75, 3.05) is 13.6 Å². The van der Waals surface area contributed by atoms with E-state index in [4.69, 9.17) is 4.74 Å². The Labute approximate surface area is 144 Å². The number of aryl methyl sites for hydroxylation is 2. The molecular formula is C17H27NO5S. The predicted molar refractivity (Wildman–Crippen MR) is 92.8 cm³/mol. The highest BCUT2D eigenvalue weighted by Crippen LogP contribution is 2.19. The van der Waals surface area contributed by atoms with E-state index in [-0.39, 0.29) is 11.0 Å². The van der Waals surface area contributed by atoms with Gasteiger partial charge in [-0.2, -0.15) is 8.42 Å². The molecule has 1 amide bonds. The van der Waals surface area contributed by atoms with Gasteiger partial charge >= 0.3 is 6.09 Å². The molecule has 0 unspecified atom stereocenters. The average molecular weight is 357 g/mol. The summed E-state index contributed by atoms with van der Waals surface area (Å²) in [6.07, 6.45) is 1.53. The topological polar surface area (TPSA) is 83.9 Å². The highest BCUT2D eigenvalue weighted by molar-refractivity contribution is 7.85. The summed E-state index contributed by atoms with van der Waals surface area (Å²) in [5, 5.41) is 0. The zero-order valence-corrected chi connectivity index (χ0v) is 15.8. The molecule has 0 bridgehead atoms. The normalized spacial score (nSPS) is 12.1. The first-order chi connectivity index (χ1) is 10.9. The van der Waals surface area contributed by atoms with Gasteiger partial charge in [0.1, 0.15) is 5.60 Å². The summed E-state index contributed by atoms with van der Waals surface area (Å²) in [5.74, 6) is 0. The molecule has 7 heteroatoms. The third-order valence-corrected chi connectivity index (χ3v) is 4.34. The second kappa shape index (κ2) is 7.98. The molecule has 24 heavy (non-hydrogen) atoms. The molecule has 136 valence electrons. The number of hydrogen-bond acceptors (Lipinski definition) is 4. The Morgan fingerprint density at radius 1 is 1.25 bits per heavy atom. The number of rotatable bonds is 6. The Morgan fingerprint density at radius 3 is 2.42 bits per heavy atom. The largest absolute Gasteiger partial charge is 0.444 e. The van der Waals surface area contributed by atoms with Gasteiger partial charge in [-0.25, -0.2) is 4.79 Å². The van der Waals surface area contributed by atoms with Crippen LogP contribution in [0.5, 0.6) is 0 Å². The summed E-state index contributed by atoms with van der Waals surface area (Å²) in [5.41, 5.74) is 0.998. The maximum absolute atomic E-state index is 11.8. The van der Waals surface area contributed by atoms with Crippen LogP contribution < -0.4 is 0 Å². The monoisotopic (exact) mass is 357 g/mol. The molecule has 0 aliphatic carbocycles. The summed E-state index contributed by atoms with van der Waals surface area (Å²) >= 11 is 0. The lowest BCUT2D eigenvalue weighted by Crippen LogP contribution is -2.34. The molecule has 0 aliphatic heterocycles. The van der Waals surface area contributed by atoms with Crippen LogP contribution in [-0.4, -0.2) is 43.2 Å². The summed E-state index contributed by atoms with van der Waals surface area (Å²) in [6.45, 7) is 7.82. The van der Waals surface area contributed by atoms with Crippen LogP contribution in [0.4, 0.5) is 4.79 Å². The Hall–Kier alpha value is -1.60. The van der Waals surface area contributed by atoms with Crippen molar-refractivity contribution >= 4 is 16.2 Å².